The topological polar surface area (TPSA) is 73.0 Å². The molecular weight excluding hydrogens is 424 g/mol. The number of carbonyl (C=O) groups excluding carboxylic acids is 1. The summed E-state index contributed by atoms with van der Waals surface area (Å²) in [6.45, 7) is 8.33. The molecule has 1 fully saturated rings. The van der Waals surface area contributed by atoms with Gasteiger partial charge in [0.25, 0.3) is 5.91 Å². The molecule has 1 saturated heterocycles. The van der Waals surface area contributed by atoms with E-state index in [4.69, 9.17) is 0 Å². The maximum absolute atomic E-state index is 13.0. The third-order valence-corrected chi connectivity index (χ3v) is 8.11. The molecule has 3 rings (SSSR count). The van der Waals surface area contributed by atoms with E-state index in [9.17, 15) is 13.2 Å². The first-order chi connectivity index (χ1) is 15.2. The Balaban J connectivity index is 1.74. The summed E-state index contributed by atoms with van der Waals surface area (Å²) in [5, 5.41) is 3.15. The van der Waals surface area contributed by atoms with Crippen LogP contribution in [0.15, 0.2) is 59.5 Å². The van der Waals surface area contributed by atoms with Gasteiger partial charge in [-0.25, -0.2) is 8.42 Å². The molecule has 1 unspecified atom stereocenters. The van der Waals surface area contributed by atoms with E-state index in [0.717, 1.165) is 38.3 Å². The Kier molecular flexibility index (Phi) is 8.05. The lowest BCUT2D eigenvalue weighted by atomic mass is 10.0. The Morgan fingerprint density at radius 2 is 1.59 bits per heavy atom. The number of nitrogens with zero attached hydrogens (tertiary/aromatic N) is 3. The van der Waals surface area contributed by atoms with Gasteiger partial charge < -0.3 is 10.2 Å². The lowest BCUT2D eigenvalue weighted by molar-refractivity contribution is 0.0907. The molecule has 0 spiro atoms. The van der Waals surface area contributed by atoms with Crippen LogP contribution in [0.5, 0.6) is 0 Å². The van der Waals surface area contributed by atoms with Crippen LogP contribution in [0.25, 0.3) is 0 Å². The predicted molar refractivity (Wildman–Crippen MR) is 127 cm³/mol. The van der Waals surface area contributed by atoms with E-state index < -0.39 is 10.0 Å². The minimum absolute atomic E-state index is 0.149. The summed E-state index contributed by atoms with van der Waals surface area (Å²) >= 11 is 0. The van der Waals surface area contributed by atoms with Crippen molar-refractivity contribution in [3.05, 3.63) is 65.7 Å². The maximum Gasteiger partial charge on any atom is 0.251 e. The summed E-state index contributed by atoms with van der Waals surface area (Å²) in [5.41, 5.74) is 1.49. The summed E-state index contributed by atoms with van der Waals surface area (Å²) < 4.78 is 26.7. The number of carbonyl (C=O) groups is 1. The second-order valence-corrected chi connectivity index (χ2v) is 10.7. The number of benzene rings is 2. The Morgan fingerprint density at radius 3 is 2.16 bits per heavy atom. The fourth-order valence-electron chi connectivity index (χ4n) is 3.67. The van der Waals surface area contributed by atoms with Crippen molar-refractivity contribution < 1.29 is 13.2 Å². The van der Waals surface area contributed by atoms with Gasteiger partial charge in [-0.1, -0.05) is 30.3 Å². The van der Waals surface area contributed by atoms with Crippen LogP contribution in [0.3, 0.4) is 0 Å². The minimum atomic E-state index is -3.58. The first kappa shape index (κ1) is 24.4. The lowest BCUT2D eigenvalue weighted by Gasteiger charge is -2.35. The van der Waals surface area contributed by atoms with Crippen molar-refractivity contribution in [2.24, 2.45) is 0 Å². The molecule has 1 aliphatic rings. The lowest BCUT2D eigenvalue weighted by Crippen LogP contribution is -2.47. The maximum atomic E-state index is 13.0. The van der Waals surface area contributed by atoms with Gasteiger partial charge in [0, 0.05) is 51.4 Å². The van der Waals surface area contributed by atoms with Crippen molar-refractivity contribution in [3.63, 3.8) is 0 Å². The second kappa shape index (κ2) is 10.6. The summed E-state index contributed by atoms with van der Waals surface area (Å²) in [6.07, 6.45) is 0. The smallest absolute Gasteiger partial charge is 0.251 e. The molecular formula is C24H34N4O3S. The van der Waals surface area contributed by atoms with E-state index >= 15 is 0 Å². The SMILES string of the molecule is CC(C)N(C)S(=O)(=O)c1ccc(C(=O)NC(CN2CCN(C)CC2)c2ccccc2)cc1. The average Bonchev–Trinajstić information content (AvgIpc) is 2.80. The molecule has 32 heavy (non-hydrogen) atoms. The molecule has 0 radical (unpaired) electrons. The van der Waals surface area contributed by atoms with Crippen LogP contribution in [-0.2, 0) is 10.0 Å². The van der Waals surface area contributed by atoms with Crippen molar-refractivity contribution >= 4 is 15.9 Å². The van der Waals surface area contributed by atoms with Gasteiger partial charge in [-0.15, -0.1) is 0 Å². The number of hydrogen-bond acceptors (Lipinski definition) is 5. The van der Waals surface area contributed by atoms with E-state index in [-0.39, 0.29) is 22.9 Å². The summed E-state index contributed by atoms with van der Waals surface area (Å²) in [5.74, 6) is -0.214. The summed E-state index contributed by atoms with van der Waals surface area (Å²) in [7, 11) is 0.101. The minimum Gasteiger partial charge on any atom is -0.344 e. The Labute approximate surface area is 192 Å². The van der Waals surface area contributed by atoms with Crippen LogP contribution in [0.4, 0.5) is 0 Å². The molecule has 2 aromatic rings. The number of amides is 1. The van der Waals surface area contributed by atoms with Gasteiger partial charge in [0.15, 0.2) is 0 Å². The average molecular weight is 459 g/mol. The number of likely N-dealkylation sites (N-methyl/N-ethyl adjacent to an activating group) is 1. The van der Waals surface area contributed by atoms with E-state index in [1.54, 1.807) is 19.2 Å². The van der Waals surface area contributed by atoms with E-state index in [2.05, 4.69) is 22.2 Å². The van der Waals surface area contributed by atoms with Gasteiger partial charge in [0.05, 0.1) is 10.9 Å². The van der Waals surface area contributed by atoms with Crippen LogP contribution in [-0.4, -0.2) is 81.3 Å². The van der Waals surface area contributed by atoms with Gasteiger partial charge in [-0.05, 0) is 50.7 Å². The van der Waals surface area contributed by atoms with Crippen molar-refractivity contribution in [1.82, 2.24) is 19.4 Å². The highest BCUT2D eigenvalue weighted by atomic mass is 32.2. The second-order valence-electron chi connectivity index (χ2n) is 8.68. The van der Waals surface area contributed by atoms with Crippen LogP contribution < -0.4 is 5.32 Å². The molecule has 1 atom stereocenters. The predicted octanol–water partition coefficient (Wildman–Crippen LogP) is 2.43. The van der Waals surface area contributed by atoms with E-state index in [1.165, 1.54) is 16.4 Å². The molecule has 7 nitrogen and oxygen atoms in total. The van der Waals surface area contributed by atoms with Crippen molar-refractivity contribution in [2.45, 2.75) is 30.8 Å². The first-order valence-electron chi connectivity index (χ1n) is 11.0. The molecule has 1 N–H and O–H groups in total. The molecule has 2 aromatic carbocycles. The molecule has 0 saturated carbocycles. The highest BCUT2D eigenvalue weighted by molar-refractivity contribution is 7.89. The number of sulfonamides is 1. The zero-order chi connectivity index (χ0) is 23.3. The van der Waals surface area contributed by atoms with E-state index in [1.807, 2.05) is 44.2 Å². The zero-order valence-electron chi connectivity index (χ0n) is 19.4. The zero-order valence-corrected chi connectivity index (χ0v) is 20.2. The molecule has 1 heterocycles. The molecule has 8 heteroatoms. The summed E-state index contributed by atoms with van der Waals surface area (Å²) in [4.78, 5) is 17.9. The fraction of sp³-hybridized carbons (Fsp3) is 0.458. The third kappa shape index (κ3) is 5.95. The molecule has 1 amide bonds. The third-order valence-electron chi connectivity index (χ3n) is 6.06. The number of piperazine rings is 1. The summed E-state index contributed by atoms with van der Waals surface area (Å²) in [6, 6.07) is 15.8. The Morgan fingerprint density at radius 1 is 1.00 bits per heavy atom. The fourth-order valence-corrected chi connectivity index (χ4v) is 5.04. The first-order valence-corrected chi connectivity index (χ1v) is 12.5. The molecule has 0 bridgehead atoms. The quantitative estimate of drug-likeness (QED) is 0.658. The van der Waals surface area contributed by atoms with Gasteiger partial charge in [-0.3, -0.25) is 9.69 Å². The number of nitrogens with one attached hydrogen (secondary N) is 1. The highest BCUT2D eigenvalue weighted by Gasteiger charge is 2.24. The van der Waals surface area contributed by atoms with Crippen molar-refractivity contribution in [1.29, 1.82) is 0 Å². The van der Waals surface area contributed by atoms with Gasteiger partial charge in [0.2, 0.25) is 10.0 Å². The molecule has 0 aromatic heterocycles. The van der Waals surface area contributed by atoms with Gasteiger partial charge >= 0.3 is 0 Å². The van der Waals surface area contributed by atoms with Gasteiger partial charge in [-0.2, -0.15) is 4.31 Å². The van der Waals surface area contributed by atoms with Crippen LogP contribution in [0, 0.1) is 0 Å². The Bertz CT molecular complexity index is 986. The number of rotatable bonds is 8. The van der Waals surface area contributed by atoms with Crippen molar-refractivity contribution in [2.75, 3.05) is 46.8 Å². The van der Waals surface area contributed by atoms with E-state index in [0.29, 0.717) is 5.56 Å². The molecule has 0 aliphatic carbocycles. The monoisotopic (exact) mass is 458 g/mol. The van der Waals surface area contributed by atoms with Gasteiger partial charge in [0.1, 0.15) is 0 Å². The van der Waals surface area contributed by atoms with Crippen LogP contribution >= 0.6 is 0 Å². The largest absolute Gasteiger partial charge is 0.344 e. The van der Waals surface area contributed by atoms with Crippen LogP contribution in [0.1, 0.15) is 35.8 Å². The normalized spacial score (nSPS) is 16.9. The van der Waals surface area contributed by atoms with Crippen LogP contribution in [0.2, 0.25) is 0 Å². The standard InChI is InChI=1S/C24H34N4O3S/c1-19(2)27(4)32(30,31)22-12-10-21(11-13-22)24(29)25-23(20-8-6-5-7-9-20)18-28-16-14-26(3)15-17-28/h5-13,19,23H,14-18H2,1-4H3,(H,25,29). The molecule has 1 aliphatic heterocycles. The van der Waals surface area contributed by atoms with Crippen molar-refractivity contribution in [3.8, 4) is 0 Å². The highest BCUT2D eigenvalue weighted by Crippen LogP contribution is 2.19. The Hall–Kier alpha value is -2.26. The molecule has 174 valence electrons. The number of hydrogen-bond donors (Lipinski definition) is 1.